The lowest BCUT2D eigenvalue weighted by atomic mass is 10.2. The summed E-state index contributed by atoms with van der Waals surface area (Å²) in [7, 11) is -3.83. The highest BCUT2D eigenvalue weighted by Crippen LogP contribution is 2.26. The zero-order valence-electron chi connectivity index (χ0n) is 16.1. The van der Waals surface area contributed by atoms with E-state index in [-0.39, 0.29) is 23.7 Å². The van der Waals surface area contributed by atoms with Crippen LogP contribution in [0.4, 0.5) is 5.69 Å². The highest BCUT2D eigenvalue weighted by Gasteiger charge is 2.31. The minimum absolute atomic E-state index is 0.0369. The highest BCUT2D eigenvalue weighted by molar-refractivity contribution is 7.89. The van der Waals surface area contributed by atoms with E-state index in [4.69, 9.17) is 8.94 Å². The topological polar surface area (TPSA) is 136 Å². The molecule has 0 atom stereocenters. The first kappa shape index (κ1) is 20.2. The van der Waals surface area contributed by atoms with Crippen molar-refractivity contribution in [3.8, 4) is 11.6 Å². The van der Waals surface area contributed by atoms with Crippen LogP contribution >= 0.6 is 0 Å². The second kappa shape index (κ2) is 7.97. The normalized spacial score (nSPS) is 16.0. The summed E-state index contributed by atoms with van der Waals surface area (Å²) >= 11 is 0. The van der Waals surface area contributed by atoms with Gasteiger partial charge in [-0.25, -0.2) is 8.42 Å². The molecule has 4 rings (SSSR count). The number of aryl methyl sites for hydroxylation is 1. The van der Waals surface area contributed by atoms with Gasteiger partial charge in [0.25, 0.3) is 5.69 Å². The molecule has 0 amide bonds. The molecule has 158 valence electrons. The van der Waals surface area contributed by atoms with Crippen molar-refractivity contribution in [2.75, 3.05) is 26.2 Å². The summed E-state index contributed by atoms with van der Waals surface area (Å²) in [6.07, 6.45) is 1.52. The van der Waals surface area contributed by atoms with Crippen molar-refractivity contribution in [1.82, 2.24) is 19.3 Å². The molecule has 3 aromatic rings. The van der Waals surface area contributed by atoms with Crippen molar-refractivity contribution in [1.29, 1.82) is 0 Å². The second-order valence-corrected chi connectivity index (χ2v) is 8.78. The number of non-ortho nitro benzene ring substituents is 1. The Hall–Kier alpha value is -3.09. The minimum atomic E-state index is -3.83. The number of sulfonamides is 1. The Kier molecular flexibility index (Phi) is 5.37. The number of nitrogens with zero attached hydrogens (tertiary/aromatic N) is 5. The van der Waals surface area contributed by atoms with Crippen molar-refractivity contribution < 1.29 is 22.3 Å². The molecule has 0 radical (unpaired) electrons. The Morgan fingerprint density at radius 1 is 1.20 bits per heavy atom. The fourth-order valence-corrected chi connectivity index (χ4v) is 4.93. The third-order valence-electron chi connectivity index (χ3n) is 4.90. The third kappa shape index (κ3) is 3.97. The SMILES string of the molecule is Cc1ccc([N+](=O)[O-])cc1S(=O)(=O)N1CCN(Cc2nc(-c3ccco3)no2)CC1. The van der Waals surface area contributed by atoms with Crippen molar-refractivity contribution in [2.24, 2.45) is 0 Å². The Bertz CT molecular complexity index is 1150. The number of nitro benzene ring substituents is 1. The first-order valence-electron chi connectivity index (χ1n) is 9.18. The van der Waals surface area contributed by atoms with Gasteiger partial charge < -0.3 is 8.94 Å². The van der Waals surface area contributed by atoms with Crippen molar-refractivity contribution >= 4 is 15.7 Å². The minimum Gasteiger partial charge on any atom is -0.461 e. The van der Waals surface area contributed by atoms with Crippen LogP contribution in [0.2, 0.25) is 0 Å². The molecule has 3 heterocycles. The number of hydrogen-bond donors (Lipinski definition) is 0. The number of aromatic nitrogens is 2. The lowest BCUT2D eigenvalue weighted by Crippen LogP contribution is -2.48. The molecule has 1 aliphatic heterocycles. The number of nitro groups is 1. The first-order valence-corrected chi connectivity index (χ1v) is 10.6. The van der Waals surface area contributed by atoms with E-state index in [1.165, 1.54) is 22.7 Å². The molecular formula is C18H19N5O6S. The fourth-order valence-electron chi connectivity index (χ4n) is 3.26. The van der Waals surface area contributed by atoms with E-state index in [0.29, 0.717) is 42.7 Å². The molecule has 11 nitrogen and oxygen atoms in total. The molecule has 0 unspecified atom stereocenters. The van der Waals surface area contributed by atoms with E-state index in [1.54, 1.807) is 19.1 Å². The van der Waals surface area contributed by atoms with Crippen LogP contribution in [0.3, 0.4) is 0 Å². The first-order chi connectivity index (χ1) is 14.3. The van der Waals surface area contributed by atoms with Crippen LogP contribution in [0.15, 0.2) is 50.4 Å². The lowest BCUT2D eigenvalue weighted by Gasteiger charge is -2.33. The number of furan rings is 1. The molecule has 0 N–H and O–H groups in total. The van der Waals surface area contributed by atoms with Gasteiger partial charge in [-0.05, 0) is 24.6 Å². The zero-order chi connectivity index (χ0) is 21.3. The summed E-state index contributed by atoms with van der Waals surface area (Å²) in [4.78, 5) is 16.7. The number of benzene rings is 1. The number of hydrogen-bond acceptors (Lipinski definition) is 9. The maximum Gasteiger partial charge on any atom is 0.270 e. The number of rotatable bonds is 6. The molecule has 30 heavy (non-hydrogen) atoms. The molecule has 0 saturated carbocycles. The van der Waals surface area contributed by atoms with Crippen LogP contribution in [0.5, 0.6) is 0 Å². The van der Waals surface area contributed by atoms with E-state index in [9.17, 15) is 18.5 Å². The van der Waals surface area contributed by atoms with E-state index >= 15 is 0 Å². The van der Waals surface area contributed by atoms with Crippen molar-refractivity contribution in [2.45, 2.75) is 18.4 Å². The van der Waals surface area contributed by atoms with Gasteiger partial charge in [-0.2, -0.15) is 9.29 Å². The van der Waals surface area contributed by atoms with Gasteiger partial charge in [-0.3, -0.25) is 15.0 Å². The summed E-state index contributed by atoms with van der Waals surface area (Å²) in [5.74, 6) is 1.28. The van der Waals surface area contributed by atoms with Crippen LogP contribution in [0.1, 0.15) is 11.5 Å². The van der Waals surface area contributed by atoms with Gasteiger partial charge in [-0.1, -0.05) is 11.2 Å². The Morgan fingerprint density at radius 3 is 2.63 bits per heavy atom. The fraction of sp³-hybridized carbons (Fsp3) is 0.333. The molecule has 0 bridgehead atoms. The van der Waals surface area contributed by atoms with Crippen LogP contribution < -0.4 is 0 Å². The average molecular weight is 433 g/mol. The van der Waals surface area contributed by atoms with Gasteiger partial charge in [0.2, 0.25) is 21.7 Å². The Labute approximate surface area is 172 Å². The Balaban J connectivity index is 1.42. The van der Waals surface area contributed by atoms with Gasteiger partial charge in [0.1, 0.15) is 0 Å². The van der Waals surface area contributed by atoms with E-state index in [2.05, 4.69) is 10.1 Å². The largest absolute Gasteiger partial charge is 0.461 e. The van der Waals surface area contributed by atoms with Gasteiger partial charge in [-0.15, -0.1) is 0 Å². The smallest absolute Gasteiger partial charge is 0.270 e. The summed E-state index contributed by atoms with van der Waals surface area (Å²) in [6, 6.07) is 7.33. The predicted molar refractivity (Wildman–Crippen MR) is 104 cm³/mol. The van der Waals surface area contributed by atoms with Crippen LogP contribution in [0, 0.1) is 17.0 Å². The molecule has 0 aliphatic carbocycles. The monoisotopic (exact) mass is 433 g/mol. The summed E-state index contributed by atoms with van der Waals surface area (Å²) in [5, 5.41) is 14.9. The van der Waals surface area contributed by atoms with Gasteiger partial charge in [0.15, 0.2) is 5.76 Å². The van der Waals surface area contributed by atoms with Gasteiger partial charge in [0, 0.05) is 38.3 Å². The van der Waals surface area contributed by atoms with Crippen LogP contribution in [-0.4, -0.2) is 58.9 Å². The van der Waals surface area contributed by atoms with E-state index < -0.39 is 14.9 Å². The van der Waals surface area contributed by atoms with Crippen LogP contribution in [0.25, 0.3) is 11.6 Å². The number of piperazine rings is 1. The summed E-state index contributed by atoms with van der Waals surface area (Å²) in [5.41, 5.74) is 0.223. The zero-order valence-corrected chi connectivity index (χ0v) is 16.9. The molecule has 1 aliphatic rings. The highest BCUT2D eigenvalue weighted by atomic mass is 32.2. The van der Waals surface area contributed by atoms with E-state index in [1.807, 2.05) is 4.90 Å². The maximum absolute atomic E-state index is 13.0. The molecule has 1 fully saturated rings. The molecule has 2 aromatic heterocycles. The second-order valence-electron chi connectivity index (χ2n) is 6.88. The predicted octanol–water partition coefficient (Wildman–Crippen LogP) is 2.05. The Morgan fingerprint density at radius 2 is 1.97 bits per heavy atom. The molecule has 12 heteroatoms. The molecule has 1 aromatic carbocycles. The van der Waals surface area contributed by atoms with Crippen LogP contribution in [-0.2, 0) is 16.6 Å². The van der Waals surface area contributed by atoms with E-state index in [0.717, 1.165) is 6.07 Å². The third-order valence-corrected chi connectivity index (χ3v) is 6.94. The summed E-state index contributed by atoms with van der Waals surface area (Å²) in [6.45, 7) is 3.45. The molecule has 0 spiro atoms. The quantitative estimate of drug-likeness (QED) is 0.422. The molecular weight excluding hydrogens is 414 g/mol. The lowest BCUT2D eigenvalue weighted by molar-refractivity contribution is -0.385. The average Bonchev–Trinajstić information content (AvgIpc) is 3.40. The van der Waals surface area contributed by atoms with Crippen molar-refractivity contribution in [3.63, 3.8) is 0 Å². The van der Waals surface area contributed by atoms with Gasteiger partial charge in [0.05, 0.1) is 22.6 Å². The maximum atomic E-state index is 13.0. The van der Waals surface area contributed by atoms with Crippen molar-refractivity contribution in [3.05, 3.63) is 58.2 Å². The van der Waals surface area contributed by atoms with Gasteiger partial charge >= 0.3 is 0 Å². The molecule has 1 saturated heterocycles. The summed E-state index contributed by atoms with van der Waals surface area (Å²) < 4.78 is 37.9. The standard InChI is InChI=1S/C18H19N5O6S/c1-13-4-5-14(23(24)25)11-16(13)30(26,27)22-8-6-21(7-9-22)12-17-19-18(20-29-17)15-3-2-10-28-15/h2-5,10-11H,6-9,12H2,1H3.